The fraction of sp³-hybridized carbons (Fsp3) is 0.400. The van der Waals surface area contributed by atoms with Crippen LogP contribution in [0.1, 0.15) is 11.6 Å². The molecule has 168 valence electrons. The zero-order valence-corrected chi connectivity index (χ0v) is 17.1. The summed E-state index contributed by atoms with van der Waals surface area (Å²) in [6, 6.07) is 3.17. The highest BCUT2D eigenvalue weighted by atomic mass is 35.5. The lowest BCUT2D eigenvalue weighted by Gasteiger charge is -2.15. The normalized spacial score (nSPS) is 28.6. The molecule has 5 heterocycles. The first kappa shape index (κ1) is 19.9. The van der Waals surface area contributed by atoms with Crippen LogP contribution in [0, 0.1) is 11.6 Å². The summed E-state index contributed by atoms with van der Waals surface area (Å²) in [5.74, 6) is -1.00. The van der Waals surface area contributed by atoms with Crippen LogP contribution in [0.5, 0.6) is 11.8 Å². The van der Waals surface area contributed by atoms with E-state index < -0.39 is 36.0 Å². The number of aromatic amines is 1. The number of rotatable bonds is 4. The Balaban J connectivity index is 1.23. The van der Waals surface area contributed by atoms with Gasteiger partial charge < -0.3 is 34.4 Å². The molecule has 3 aliphatic rings. The van der Waals surface area contributed by atoms with E-state index in [4.69, 9.17) is 30.5 Å². The van der Waals surface area contributed by atoms with E-state index in [0.717, 1.165) is 12.1 Å². The maximum atomic E-state index is 14.3. The molecule has 3 aromatic rings. The molecule has 0 unspecified atom stereocenters. The highest BCUT2D eigenvalue weighted by Gasteiger charge is 2.48. The average molecular weight is 467 g/mol. The maximum Gasteiger partial charge on any atom is 0.296 e. The minimum Gasteiger partial charge on any atom is -0.490 e. The van der Waals surface area contributed by atoms with Gasteiger partial charge in [0.05, 0.1) is 35.4 Å². The number of anilines is 1. The van der Waals surface area contributed by atoms with Gasteiger partial charge in [0.1, 0.15) is 48.1 Å². The largest absolute Gasteiger partial charge is 0.490 e. The number of ether oxygens (including phenoxy) is 4. The van der Waals surface area contributed by atoms with E-state index in [1.54, 1.807) is 6.07 Å². The summed E-state index contributed by atoms with van der Waals surface area (Å²) in [6.45, 7) is 0.553. The summed E-state index contributed by atoms with van der Waals surface area (Å²) >= 11 is 6.37. The van der Waals surface area contributed by atoms with Gasteiger partial charge in [0.15, 0.2) is 11.8 Å². The van der Waals surface area contributed by atoms with Gasteiger partial charge in [-0.25, -0.2) is 13.8 Å². The van der Waals surface area contributed by atoms with Gasteiger partial charge in [-0.15, -0.1) is 0 Å². The van der Waals surface area contributed by atoms with E-state index in [1.165, 1.54) is 0 Å². The zero-order valence-electron chi connectivity index (χ0n) is 16.3. The van der Waals surface area contributed by atoms with Crippen LogP contribution in [0.3, 0.4) is 0 Å². The van der Waals surface area contributed by atoms with Crippen LogP contribution in [0.25, 0.3) is 11.2 Å². The number of fused-ring (bicyclic) bond motifs is 3. The molecule has 3 N–H and O–H groups in total. The third-order valence-corrected chi connectivity index (χ3v) is 6.06. The molecule has 0 aliphatic carbocycles. The van der Waals surface area contributed by atoms with Gasteiger partial charge in [-0.1, -0.05) is 11.6 Å². The third kappa shape index (κ3) is 3.24. The number of nitrogens with one attached hydrogen (secondary N) is 2. The lowest BCUT2D eigenvalue weighted by Crippen LogP contribution is -2.34. The number of aromatic nitrogens is 3. The van der Waals surface area contributed by atoms with Gasteiger partial charge >= 0.3 is 0 Å². The molecule has 0 radical (unpaired) electrons. The van der Waals surface area contributed by atoms with E-state index in [1.807, 2.05) is 0 Å². The lowest BCUT2D eigenvalue weighted by atomic mass is 10.1. The molecule has 0 saturated carbocycles. The Morgan fingerprint density at radius 3 is 2.84 bits per heavy atom. The molecule has 3 aliphatic heterocycles. The summed E-state index contributed by atoms with van der Waals surface area (Å²) in [5, 5.41) is 13.2. The number of halogens is 3. The van der Waals surface area contributed by atoms with Crippen molar-refractivity contribution in [1.82, 2.24) is 15.0 Å². The number of nitrogens with zero attached hydrogens (tertiary/aromatic N) is 2. The number of H-pyrrole nitrogens is 1. The van der Waals surface area contributed by atoms with E-state index >= 15 is 0 Å². The van der Waals surface area contributed by atoms with Gasteiger partial charge in [0, 0.05) is 12.1 Å². The SMILES string of the molecule is O[C@@H]1CO[C@H]2[C@@H]1OC[C@H]2Oc1nc2nc(N[C@H]3COc4cc(F)cc(F)c43)c(Cl)cc2[nH]1. The first-order valence-corrected chi connectivity index (χ1v) is 10.4. The third-order valence-electron chi connectivity index (χ3n) is 5.77. The fourth-order valence-electron chi connectivity index (χ4n) is 4.30. The monoisotopic (exact) mass is 466 g/mol. The predicted molar refractivity (Wildman–Crippen MR) is 107 cm³/mol. The van der Waals surface area contributed by atoms with Crippen LogP contribution in [-0.4, -0.2) is 64.3 Å². The molecule has 1 aromatic carbocycles. The number of hydrogen-bond donors (Lipinski definition) is 3. The van der Waals surface area contributed by atoms with Crippen molar-refractivity contribution in [2.45, 2.75) is 30.5 Å². The number of imidazole rings is 1. The minimum atomic E-state index is -0.709. The first-order chi connectivity index (χ1) is 15.5. The first-order valence-electron chi connectivity index (χ1n) is 9.99. The predicted octanol–water partition coefficient (Wildman–Crippen LogP) is 2.34. The van der Waals surface area contributed by atoms with E-state index in [-0.39, 0.29) is 54.1 Å². The van der Waals surface area contributed by atoms with Gasteiger partial charge in [-0.2, -0.15) is 4.98 Å². The van der Waals surface area contributed by atoms with Gasteiger partial charge in [0.25, 0.3) is 6.01 Å². The Morgan fingerprint density at radius 1 is 1.12 bits per heavy atom. The van der Waals surface area contributed by atoms with Crippen molar-refractivity contribution in [2.75, 3.05) is 25.1 Å². The highest BCUT2D eigenvalue weighted by molar-refractivity contribution is 6.33. The molecule has 0 amide bonds. The standard InChI is InChI=1S/C20H17ClF2N4O5/c21-8-3-10-19(27-20(25-10)32-14-6-31-16-12(28)5-30-17(14)16)26-18(8)24-11-4-29-13-2-7(22)1-9(23)15(11)13/h1-3,11-12,14,16-17,28H,4-6H2,(H2,24,25,26,27)/t11-,12+,14+,16+,17+/m0/s1. The van der Waals surface area contributed by atoms with Crippen LogP contribution in [0.2, 0.25) is 5.02 Å². The van der Waals surface area contributed by atoms with Crippen LogP contribution in [-0.2, 0) is 9.47 Å². The van der Waals surface area contributed by atoms with Crippen molar-refractivity contribution >= 4 is 28.6 Å². The molecular formula is C20H17ClF2N4O5. The summed E-state index contributed by atoms with van der Waals surface area (Å²) in [4.78, 5) is 11.8. The molecule has 6 rings (SSSR count). The molecule has 2 saturated heterocycles. The fourth-order valence-corrected chi connectivity index (χ4v) is 4.50. The number of pyridine rings is 1. The molecule has 12 heteroatoms. The second-order valence-corrected chi connectivity index (χ2v) is 8.27. The molecule has 5 atom stereocenters. The highest BCUT2D eigenvalue weighted by Crippen LogP contribution is 2.38. The zero-order chi connectivity index (χ0) is 22.0. The Bertz CT molecular complexity index is 1210. The summed E-state index contributed by atoms with van der Waals surface area (Å²) < 4.78 is 50.1. The van der Waals surface area contributed by atoms with Gasteiger partial charge in [-0.05, 0) is 6.07 Å². The van der Waals surface area contributed by atoms with Crippen molar-refractivity contribution in [1.29, 1.82) is 0 Å². The lowest BCUT2D eigenvalue weighted by molar-refractivity contribution is 0.00706. The summed E-state index contributed by atoms with van der Waals surface area (Å²) in [7, 11) is 0. The Labute approximate surface area is 184 Å². The van der Waals surface area contributed by atoms with Crippen molar-refractivity contribution in [3.63, 3.8) is 0 Å². The number of benzene rings is 1. The molecular weight excluding hydrogens is 450 g/mol. The number of aliphatic hydroxyl groups excluding tert-OH is 1. The van der Waals surface area contributed by atoms with E-state index in [2.05, 4.69) is 20.3 Å². The second-order valence-electron chi connectivity index (χ2n) is 7.86. The van der Waals surface area contributed by atoms with Crippen LogP contribution in [0.15, 0.2) is 18.2 Å². The van der Waals surface area contributed by atoms with Gasteiger partial charge in [0.2, 0.25) is 0 Å². The van der Waals surface area contributed by atoms with Crippen LogP contribution >= 0.6 is 11.6 Å². The number of aliphatic hydroxyl groups is 1. The Hall–Kier alpha value is -2.73. The van der Waals surface area contributed by atoms with Gasteiger partial charge in [-0.3, -0.25) is 0 Å². The van der Waals surface area contributed by atoms with E-state index in [9.17, 15) is 13.9 Å². The van der Waals surface area contributed by atoms with Crippen molar-refractivity contribution < 1.29 is 32.8 Å². The molecule has 32 heavy (non-hydrogen) atoms. The van der Waals surface area contributed by atoms with Crippen molar-refractivity contribution in [3.05, 3.63) is 40.4 Å². The van der Waals surface area contributed by atoms with Crippen LogP contribution in [0.4, 0.5) is 14.6 Å². The molecule has 0 spiro atoms. The van der Waals surface area contributed by atoms with Crippen molar-refractivity contribution in [2.24, 2.45) is 0 Å². The van der Waals surface area contributed by atoms with Crippen molar-refractivity contribution in [3.8, 4) is 11.8 Å². The smallest absolute Gasteiger partial charge is 0.296 e. The van der Waals surface area contributed by atoms with E-state index in [0.29, 0.717) is 11.2 Å². The van der Waals surface area contributed by atoms with Crippen LogP contribution < -0.4 is 14.8 Å². The minimum absolute atomic E-state index is 0.0940. The average Bonchev–Trinajstić information content (AvgIpc) is 3.49. The topological polar surface area (TPSA) is 111 Å². The summed E-state index contributed by atoms with van der Waals surface area (Å²) in [5.41, 5.74) is 1.08. The quantitative estimate of drug-likeness (QED) is 0.537. The second kappa shape index (κ2) is 7.41. The molecule has 0 bridgehead atoms. The Morgan fingerprint density at radius 2 is 1.97 bits per heavy atom. The Kier molecular flexibility index (Phi) is 4.61. The number of hydrogen-bond acceptors (Lipinski definition) is 8. The molecule has 2 fully saturated rings. The summed E-state index contributed by atoms with van der Waals surface area (Å²) in [6.07, 6.45) is -1.90. The maximum absolute atomic E-state index is 14.3. The molecule has 2 aromatic heterocycles. The molecule has 9 nitrogen and oxygen atoms in total.